The fourth-order valence-corrected chi connectivity index (χ4v) is 7.16. The van der Waals surface area contributed by atoms with Crippen molar-refractivity contribution >= 4 is 89.2 Å². The van der Waals surface area contributed by atoms with E-state index in [4.69, 9.17) is 0 Å². The van der Waals surface area contributed by atoms with Gasteiger partial charge in [0.2, 0.25) is 0 Å². The minimum absolute atomic E-state index is 0. The first-order chi connectivity index (χ1) is 27.0. The molecule has 0 aliphatic heterocycles. The molecule has 0 unspecified atom stereocenters. The summed E-state index contributed by atoms with van der Waals surface area (Å²) in [5.74, 6) is -5.92. The molecule has 15 aliphatic rings. The number of rotatable bonds is 0. The molecule has 272 valence electrons. The molecule has 0 heterocycles. The zero-order chi connectivity index (χ0) is 38.8. The Bertz CT molecular complexity index is 2890. The molecular weight excluding hydrogens is 760 g/mol. The second-order valence-corrected chi connectivity index (χ2v) is 13.7. The van der Waals surface area contributed by atoms with Gasteiger partial charge in [-0.3, -0.25) is 0 Å². The van der Waals surface area contributed by atoms with Gasteiger partial charge in [0.15, 0.2) is 0 Å². The Labute approximate surface area is 462 Å². The normalized spacial score (nSPS) is 12.2. The third-order valence-electron chi connectivity index (χ3n) is 10.3. The van der Waals surface area contributed by atoms with E-state index in [0.717, 1.165) is 0 Å². The van der Waals surface area contributed by atoms with Crippen LogP contribution in [0.5, 0.6) is 0 Å². The molecule has 0 saturated carbocycles. The van der Waals surface area contributed by atoms with Crippen LogP contribution in [0.1, 0.15) is 0 Å². The molecule has 8 nitrogen and oxygen atoms in total. The SMILES string of the molecule is [Li+].[Li+].[Li+].[Li+].[Li+].[Li+].[Li+].[Li+].[O-]C1=c2ccc3cc(ccc3c2)=C([O-])C([O-])=c2ccc3cc(ccc3c2)=C([O-])C([O-])=c2ccc3cc(ccc3c2)=C([O-])C([O-])=c2ccc3cc(ccc3c2)=C1[O-]. The zero-order valence-corrected chi connectivity index (χ0v) is 37.1. The van der Waals surface area contributed by atoms with Gasteiger partial charge in [0.1, 0.15) is 0 Å². The second kappa shape index (κ2) is 24.1. The van der Waals surface area contributed by atoms with Crippen LogP contribution in [0.15, 0.2) is 146 Å². The van der Waals surface area contributed by atoms with E-state index in [1.54, 1.807) is 97.1 Å². The summed E-state index contributed by atoms with van der Waals surface area (Å²) in [7, 11) is 0. The van der Waals surface area contributed by atoms with Crippen LogP contribution in [0.3, 0.4) is 0 Å². The maximum atomic E-state index is 13.4. The first-order valence-corrected chi connectivity index (χ1v) is 17.5. The Morgan fingerprint density at radius 1 is 0.156 bits per heavy atom. The van der Waals surface area contributed by atoms with Crippen LogP contribution < -0.4 is 233 Å². The average Bonchev–Trinajstić information content (AvgIpc) is 3.25. The summed E-state index contributed by atoms with van der Waals surface area (Å²) in [6.07, 6.45) is 0. The van der Waals surface area contributed by atoms with E-state index in [1.807, 2.05) is 0 Å². The molecule has 15 aliphatic carbocycles. The van der Waals surface area contributed by atoms with Crippen molar-refractivity contribution in [3.63, 3.8) is 0 Å². The van der Waals surface area contributed by atoms with Crippen molar-refractivity contribution in [1.29, 1.82) is 0 Å². The fourth-order valence-electron chi connectivity index (χ4n) is 7.16. The van der Waals surface area contributed by atoms with Gasteiger partial charge in [-0.1, -0.05) is 97.1 Å². The number of hydrogen-bond donors (Lipinski definition) is 0. The molecule has 0 saturated heterocycles. The summed E-state index contributed by atoms with van der Waals surface area (Å²) >= 11 is 0. The molecule has 8 aromatic carbocycles. The molecular formula is C48H24Li8O8. The van der Waals surface area contributed by atoms with Crippen LogP contribution in [-0.4, -0.2) is 0 Å². The van der Waals surface area contributed by atoms with Gasteiger partial charge in [-0.2, -0.15) is 0 Å². The van der Waals surface area contributed by atoms with Crippen LogP contribution in [0.2, 0.25) is 0 Å². The maximum absolute atomic E-state index is 13.4. The Morgan fingerprint density at radius 3 is 0.344 bits per heavy atom. The molecule has 0 amide bonds. The van der Waals surface area contributed by atoms with E-state index in [9.17, 15) is 40.9 Å². The summed E-state index contributed by atoms with van der Waals surface area (Å²) < 4.78 is 0. The fraction of sp³-hybridized carbons (Fsp3) is 0. The minimum atomic E-state index is -0.740. The predicted molar refractivity (Wildman–Crippen MR) is 200 cm³/mol. The second-order valence-electron chi connectivity index (χ2n) is 13.7. The molecule has 0 fully saturated rings. The monoisotopic (exact) mass is 784 g/mol. The van der Waals surface area contributed by atoms with Gasteiger partial charge >= 0.3 is 151 Å². The van der Waals surface area contributed by atoms with Gasteiger partial charge in [-0.25, -0.2) is 0 Å². The summed E-state index contributed by atoms with van der Waals surface area (Å²) in [5.41, 5.74) is 0. The van der Waals surface area contributed by atoms with Crippen molar-refractivity contribution in [1.82, 2.24) is 0 Å². The van der Waals surface area contributed by atoms with Crippen molar-refractivity contribution in [3.8, 4) is 0 Å². The molecule has 0 aromatic heterocycles. The van der Waals surface area contributed by atoms with Gasteiger partial charge in [0, 0.05) is 0 Å². The molecule has 16 heteroatoms. The Hall–Kier alpha value is -3.06. The van der Waals surface area contributed by atoms with Gasteiger partial charge in [0.25, 0.3) is 0 Å². The number of benzene rings is 8. The van der Waals surface area contributed by atoms with Crippen LogP contribution in [0.4, 0.5) is 0 Å². The van der Waals surface area contributed by atoms with Crippen LogP contribution in [0, 0.1) is 0 Å². The van der Waals surface area contributed by atoms with Crippen molar-refractivity contribution in [2.75, 3.05) is 0 Å². The third-order valence-corrected chi connectivity index (χ3v) is 10.3. The van der Waals surface area contributed by atoms with Crippen molar-refractivity contribution in [2.24, 2.45) is 0 Å². The molecule has 64 heavy (non-hydrogen) atoms. The van der Waals surface area contributed by atoms with Gasteiger partial charge in [-0.15, -0.1) is 46.1 Å². The summed E-state index contributed by atoms with van der Waals surface area (Å²) in [6.45, 7) is 0. The van der Waals surface area contributed by atoms with Gasteiger partial charge in [0.05, 0.1) is 0 Å². The molecule has 0 spiro atoms. The summed E-state index contributed by atoms with van der Waals surface area (Å²) in [5, 5.41) is 113. The van der Waals surface area contributed by atoms with E-state index < -0.39 is 46.1 Å². The molecule has 0 radical (unpaired) electrons. The topological polar surface area (TPSA) is 184 Å². The summed E-state index contributed by atoms with van der Waals surface area (Å²) in [6, 6.07) is 37.1. The van der Waals surface area contributed by atoms with E-state index >= 15 is 0 Å². The largest absolute Gasteiger partial charge is 1.00 e. The van der Waals surface area contributed by atoms with E-state index in [0.29, 0.717) is 43.1 Å². The smallest absolute Gasteiger partial charge is 0.872 e. The van der Waals surface area contributed by atoms with Crippen LogP contribution in [-0.2, 0) is 0 Å². The third kappa shape index (κ3) is 11.2. The molecule has 23 rings (SSSR count). The van der Waals surface area contributed by atoms with E-state index in [1.165, 1.54) is 48.5 Å². The van der Waals surface area contributed by atoms with Crippen LogP contribution >= 0.6 is 0 Å². The number of hydrogen-bond acceptors (Lipinski definition) is 8. The van der Waals surface area contributed by atoms with E-state index in [-0.39, 0.29) is 193 Å². The Kier molecular flexibility index (Phi) is 22.2. The van der Waals surface area contributed by atoms with Crippen molar-refractivity contribution in [2.45, 2.75) is 0 Å². The maximum Gasteiger partial charge on any atom is 1.00 e. The standard InChI is InChI=1S/C48H32O8.8Li/c49-41-33-9-1-25-17-34(10-2-26(25)18-33)42(50)44(52)36-12-4-30-22-38(14-6-29(30)20-36)46(54)48(56)40-16-8-31-23-39(15-7-32(31)24-40)47(55)45(53)37-13-5-27-19-35(43(41)51)11-3-28(27)21-37;;;;;;;;/h1-24,49-56H;;;;;;;;/q;8*+1/p-8. The zero-order valence-electron chi connectivity index (χ0n) is 37.1. The van der Waals surface area contributed by atoms with Crippen molar-refractivity contribution in [3.05, 3.63) is 187 Å². The Morgan fingerprint density at radius 2 is 0.250 bits per heavy atom. The first-order valence-electron chi connectivity index (χ1n) is 17.5. The summed E-state index contributed by atoms with van der Waals surface area (Å²) in [4.78, 5) is 0. The average molecular weight is 784 g/mol. The Balaban J connectivity index is 0.00000256. The van der Waals surface area contributed by atoms with E-state index in [2.05, 4.69) is 0 Å². The van der Waals surface area contributed by atoms with Gasteiger partial charge in [-0.05, 0) is 133 Å². The van der Waals surface area contributed by atoms with Crippen molar-refractivity contribution < 1.29 is 192 Å². The molecule has 0 atom stereocenters. The predicted octanol–water partition coefficient (Wildman–Crippen LogP) is -28.8. The van der Waals surface area contributed by atoms with Crippen LogP contribution in [0.25, 0.3) is 89.2 Å². The first kappa shape index (κ1) is 59.0. The molecule has 0 N–H and O–H groups in total. The van der Waals surface area contributed by atoms with Gasteiger partial charge < -0.3 is 40.9 Å². The molecule has 8 aromatic rings. The minimum Gasteiger partial charge on any atom is -0.872 e. The quantitative estimate of drug-likeness (QED) is 0.136. The molecule has 16 bridgehead atoms.